The summed E-state index contributed by atoms with van der Waals surface area (Å²) in [6.07, 6.45) is 53.7. The lowest BCUT2D eigenvalue weighted by molar-refractivity contribution is -0.146. The average Bonchev–Trinajstić information content (AvgIpc) is 3.43. The lowest BCUT2D eigenvalue weighted by atomic mass is 9.95. The second-order valence-electron chi connectivity index (χ2n) is 24.3. The minimum absolute atomic E-state index is 0.0440. The lowest BCUT2D eigenvalue weighted by Crippen LogP contribution is -2.33. The Bertz CT molecular complexity index is 1220. The van der Waals surface area contributed by atoms with E-state index >= 15 is 0 Å². The minimum Gasteiger partial charge on any atom is -0.465 e. The second-order valence-corrected chi connectivity index (χ2v) is 24.3. The Balaban J connectivity index is 4.60. The van der Waals surface area contributed by atoms with E-state index in [1.165, 1.54) is 193 Å². The van der Waals surface area contributed by atoms with Gasteiger partial charge in [0.25, 0.3) is 0 Å². The monoisotopic (exact) mass is 1100 g/mol. The summed E-state index contributed by atoms with van der Waals surface area (Å²) < 4.78 is 11.7. The van der Waals surface area contributed by atoms with Crippen LogP contribution in [0.5, 0.6) is 0 Å². The van der Waals surface area contributed by atoms with Crippen LogP contribution in [-0.4, -0.2) is 98.0 Å². The topological polar surface area (TPSA) is 96.5 Å². The van der Waals surface area contributed by atoms with Gasteiger partial charge in [0.1, 0.15) is 0 Å². The molecular formula is C69H135N3O6. The molecule has 9 nitrogen and oxygen atoms in total. The van der Waals surface area contributed by atoms with E-state index in [0.29, 0.717) is 62.5 Å². The van der Waals surface area contributed by atoms with Gasteiger partial charge in [0.2, 0.25) is 11.8 Å². The van der Waals surface area contributed by atoms with Crippen LogP contribution in [0.3, 0.4) is 0 Å². The van der Waals surface area contributed by atoms with Crippen molar-refractivity contribution in [2.24, 2.45) is 11.8 Å². The molecule has 0 aliphatic heterocycles. The summed E-state index contributed by atoms with van der Waals surface area (Å²) in [5, 5.41) is 0. The number of esters is 2. The Hall–Kier alpha value is -2.16. The molecule has 0 radical (unpaired) electrons. The summed E-state index contributed by atoms with van der Waals surface area (Å²) in [5.41, 5.74) is 0. The van der Waals surface area contributed by atoms with Gasteiger partial charge in [0.05, 0.1) is 13.2 Å². The maximum absolute atomic E-state index is 13.5. The number of carbonyl (C=O) groups is 4. The third-order valence-corrected chi connectivity index (χ3v) is 16.6. The number of amides is 2. The molecule has 0 saturated heterocycles. The summed E-state index contributed by atoms with van der Waals surface area (Å²) in [7, 11) is 2.21. The molecule has 0 fully saturated rings. The first-order valence-corrected chi connectivity index (χ1v) is 34.7. The molecule has 0 bridgehead atoms. The van der Waals surface area contributed by atoms with E-state index in [1.54, 1.807) is 0 Å². The Morgan fingerprint density at radius 3 is 0.821 bits per heavy atom. The van der Waals surface area contributed by atoms with Crippen molar-refractivity contribution in [3.05, 3.63) is 0 Å². The maximum atomic E-state index is 13.5. The van der Waals surface area contributed by atoms with Gasteiger partial charge in [0.15, 0.2) is 0 Å². The highest BCUT2D eigenvalue weighted by molar-refractivity contribution is 5.76. The van der Waals surface area contributed by atoms with Gasteiger partial charge >= 0.3 is 11.9 Å². The van der Waals surface area contributed by atoms with Crippen LogP contribution in [0.4, 0.5) is 0 Å². The van der Waals surface area contributed by atoms with Crippen LogP contribution in [-0.2, 0) is 28.7 Å². The smallest absolute Gasteiger partial charge is 0.305 e. The molecule has 0 heterocycles. The summed E-state index contributed by atoms with van der Waals surface area (Å²) in [6, 6.07) is 0. The van der Waals surface area contributed by atoms with Gasteiger partial charge in [-0.1, -0.05) is 234 Å². The van der Waals surface area contributed by atoms with Gasteiger partial charge in [-0.2, -0.15) is 0 Å². The molecule has 78 heavy (non-hydrogen) atoms. The molecule has 0 saturated carbocycles. The molecule has 9 heteroatoms. The van der Waals surface area contributed by atoms with Crippen LogP contribution in [0.15, 0.2) is 0 Å². The largest absolute Gasteiger partial charge is 0.465 e. The standard InChI is InChI=1S/C69H135N3O6/c1-8-14-20-26-28-36-50-64(48-34-22-16-10-3)62-77-68(75)54-40-32-46-60-71(58-44-24-18-12-5)66(73)52-38-30-42-56-70(7)57-43-31-39-53-67(74)72(59-45-25-19-13-6)61-47-33-41-55-69(76)78-63-65(49-35-23-17-11-4)51-37-29-27-21-15-9-2/h64-65H,8-63H2,1-7H3. The van der Waals surface area contributed by atoms with Gasteiger partial charge in [-0.25, -0.2) is 0 Å². The molecule has 0 rings (SSSR count). The number of rotatable bonds is 62. The van der Waals surface area contributed by atoms with Crippen molar-refractivity contribution in [2.45, 2.75) is 350 Å². The Kier molecular flexibility index (Phi) is 57.8. The maximum Gasteiger partial charge on any atom is 0.305 e. The second kappa shape index (κ2) is 59.5. The number of hydrogen-bond acceptors (Lipinski definition) is 7. The zero-order valence-corrected chi connectivity index (χ0v) is 53.5. The number of nitrogens with zero attached hydrogens (tertiary/aromatic N) is 3. The van der Waals surface area contributed by atoms with E-state index in [2.05, 4.69) is 63.3 Å². The van der Waals surface area contributed by atoms with E-state index in [4.69, 9.17) is 9.47 Å². The van der Waals surface area contributed by atoms with Crippen molar-refractivity contribution >= 4 is 23.8 Å². The van der Waals surface area contributed by atoms with Crippen LogP contribution in [0, 0.1) is 11.8 Å². The summed E-state index contributed by atoms with van der Waals surface area (Å²) in [4.78, 5) is 59.1. The highest BCUT2D eigenvalue weighted by Crippen LogP contribution is 2.22. The van der Waals surface area contributed by atoms with Crippen molar-refractivity contribution in [3.63, 3.8) is 0 Å². The minimum atomic E-state index is -0.0440. The molecule has 2 atom stereocenters. The van der Waals surface area contributed by atoms with Gasteiger partial charge in [-0.05, 0) is 122 Å². The van der Waals surface area contributed by atoms with E-state index in [0.717, 1.165) is 129 Å². The highest BCUT2D eigenvalue weighted by Gasteiger charge is 2.17. The summed E-state index contributed by atoms with van der Waals surface area (Å²) >= 11 is 0. The van der Waals surface area contributed by atoms with E-state index in [9.17, 15) is 19.2 Å². The van der Waals surface area contributed by atoms with Crippen LogP contribution < -0.4 is 0 Å². The fourth-order valence-electron chi connectivity index (χ4n) is 11.1. The normalized spacial score (nSPS) is 12.3. The fourth-order valence-corrected chi connectivity index (χ4v) is 11.1. The van der Waals surface area contributed by atoms with Crippen molar-refractivity contribution < 1.29 is 28.7 Å². The zero-order valence-electron chi connectivity index (χ0n) is 53.5. The zero-order chi connectivity index (χ0) is 57.2. The van der Waals surface area contributed by atoms with Gasteiger partial charge in [0, 0.05) is 51.9 Å². The Labute approximate surface area is 486 Å². The first-order valence-electron chi connectivity index (χ1n) is 34.7. The number of unbranched alkanes of at least 4 members (excludes halogenated alkanes) is 30. The van der Waals surface area contributed by atoms with Gasteiger partial charge in [-0.3, -0.25) is 19.2 Å². The number of carbonyl (C=O) groups excluding carboxylic acids is 4. The van der Waals surface area contributed by atoms with E-state index < -0.39 is 0 Å². The molecule has 0 aromatic rings. The quantitative estimate of drug-likeness (QED) is 0.0442. The molecule has 0 aliphatic carbocycles. The predicted molar refractivity (Wildman–Crippen MR) is 335 cm³/mol. The molecule has 0 aromatic heterocycles. The number of hydrogen-bond donors (Lipinski definition) is 0. The molecule has 0 aliphatic rings. The predicted octanol–water partition coefficient (Wildman–Crippen LogP) is 19.7. The van der Waals surface area contributed by atoms with Gasteiger partial charge in [-0.15, -0.1) is 0 Å². The van der Waals surface area contributed by atoms with E-state index in [1.807, 2.05) is 0 Å². The third kappa shape index (κ3) is 50.8. The molecule has 0 aromatic carbocycles. The molecular weight excluding hydrogens is 967 g/mol. The van der Waals surface area contributed by atoms with Crippen molar-refractivity contribution in [1.29, 1.82) is 0 Å². The molecule has 0 spiro atoms. The number of ether oxygens (including phenoxy) is 2. The highest BCUT2D eigenvalue weighted by atomic mass is 16.5. The molecule has 0 N–H and O–H groups in total. The fraction of sp³-hybridized carbons (Fsp3) is 0.942. The average molecular weight is 1100 g/mol. The van der Waals surface area contributed by atoms with Crippen LogP contribution in [0.1, 0.15) is 350 Å². The first kappa shape index (κ1) is 75.8. The summed E-state index contributed by atoms with van der Waals surface area (Å²) in [6.45, 7) is 20.1. The Morgan fingerprint density at radius 2 is 0.513 bits per heavy atom. The molecule has 2 amide bonds. The Morgan fingerprint density at radius 1 is 0.282 bits per heavy atom. The molecule has 462 valence electrons. The van der Waals surface area contributed by atoms with Crippen LogP contribution in [0.25, 0.3) is 0 Å². The van der Waals surface area contributed by atoms with Crippen LogP contribution >= 0.6 is 0 Å². The summed E-state index contributed by atoms with van der Waals surface area (Å²) in [5.74, 6) is 1.51. The SMILES string of the molecule is CCCCCCCCC(CCCCCC)COC(=O)CCCCCN(CCCCCC)C(=O)CCCCCN(C)CCCCCC(=O)N(CCCCCC)CCCCCC(=O)OCC(CCCCCC)CCCCCCCC. The van der Waals surface area contributed by atoms with Crippen molar-refractivity contribution in [2.75, 3.05) is 59.5 Å². The van der Waals surface area contributed by atoms with Crippen molar-refractivity contribution in [3.8, 4) is 0 Å². The van der Waals surface area contributed by atoms with Crippen molar-refractivity contribution in [1.82, 2.24) is 14.7 Å². The van der Waals surface area contributed by atoms with E-state index in [-0.39, 0.29) is 11.9 Å². The lowest BCUT2D eigenvalue weighted by Gasteiger charge is -2.23. The molecule has 2 unspecified atom stereocenters. The first-order chi connectivity index (χ1) is 38.1. The van der Waals surface area contributed by atoms with Crippen LogP contribution in [0.2, 0.25) is 0 Å². The third-order valence-electron chi connectivity index (χ3n) is 16.6. The van der Waals surface area contributed by atoms with Gasteiger partial charge < -0.3 is 24.2 Å².